The van der Waals surface area contributed by atoms with Crippen molar-refractivity contribution in [1.82, 2.24) is 0 Å². The van der Waals surface area contributed by atoms with Gasteiger partial charge >= 0.3 is 0 Å². The lowest BCUT2D eigenvalue weighted by molar-refractivity contribution is 0.991. The van der Waals surface area contributed by atoms with Crippen molar-refractivity contribution in [2.45, 2.75) is 41.5 Å². The van der Waals surface area contributed by atoms with Gasteiger partial charge in [0.2, 0.25) is 0 Å². The van der Waals surface area contributed by atoms with Gasteiger partial charge in [0.05, 0.1) is 0 Å². The molecular formula is C17H28. The molecule has 0 aliphatic rings. The molecule has 0 nitrogen and oxygen atoms in total. The SMILES string of the molecule is C=c1cccc/c1=C/C(C)/C=C\C.CC.CC. The van der Waals surface area contributed by atoms with Crippen LogP contribution in [0.2, 0.25) is 0 Å². The molecule has 1 unspecified atom stereocenters. The van der Waals surface area contributed by atoms with E-state index in [0.717, 1.165) is 5.22 Å². The second-order valence-electron chi connectivity index (χ2n) is 3.25. The maximum Gasteiger partial charge on any atom is -0.00728 e. The van der Waals surface area contributed by atoms with E-state index in [1.54, 1.807) is 0 Å². The highest BCUT2D eigenvalue weighted by Crippen LogP contribution is 1.97. The maximum atomic E-state index is 3.98. The van der Waals surface area contributed by atoms with E-state index in [2.05, 4.69) is 37.8 Å². The molecule has 96 valence electrons. The molecule has 0 radical (unpaired) electrons. The summed E-state index contributed by atoms with van der Waals surface area (Å²) >= 11 is 0. The van der Waals surface area contributed by atoms with Gasteiger partial charge in [0.25, 0.3) is 0 Å². The summed E-state index contributed by atoms with van der Waals surface area (Å²) in [5, 5.41) is 2.33. The van der Waals surface area contributed by atoms with Gasteiger partial charge in [-0.2, -0.15) is 0 Å². The average molecular weight is 232 g/mol. The Hall–Kier alpha value is -1.30. The summed E-state index contributed by atoms with van der Waals surface area (Å²) in [6.07, 6.45) is 6.47. The first-order valence-electron chi connectivity index (χ1n) is 6.62. The van der Waals surface area contributed by atoms with Crippen LogP contribution >= 0.6 is 0 Å². The van der Waals surface area contributed by atoms with E-state index in [-0.39, 0.29) is 0 Å². The van der Waals surface area contributed by atoms with Crippen molar-refractivity contribution in [3.05, 3.63) is 46.9 Å². The zero-order chi connectivity index (χ0) is 13.7. The summed E-state index contributed by atoms with van der Waals surface area (Å²) in [5.41, 5.74) is 0. The Morgan fingerprint density at radius 3 is 2.06 bits per heavy atom. The molecule has 0 saturated carbocycles. The molecule has 1 atom stereocenters. The van der Waals surface area contributed by atoms with Gasteiger partial charge in [-0.25, -0.2) is 0 Å². The summed E-state index contributed by atoms with van der Waals surface area (Å²) in [4.78, 5) is 0. The summed E-state index contributed by atoms with van der Waals surface area (Å²) in [7, 11) is 0. The van der Waals surface area contributed by atoms with E-state index in [1.807, 2.05) is 52.8 Å². The first kappa shape index (κ1) is 18.1. The van der Waals surface area contributed by atoms with Crippen LogP contribution in [0.4, 0.5) is 0 Å². The molecule has 0 aromatic heterocycles. The standard InChI is InChI=1S/C13H16.2C2H6/c1-4-7-11(2)10-13-9-6-5-8-12(13)3;2*1-2/h4-11H,3H2,1-2H3;2*1-2H3/b7-4-,13-10-;;. The van der Waals surface area contributed by atoms with Gasteiger partial charge in [0, 0.05) is 0 Å². The van der Waals surface area contributed by atoms with Gasteiger partial charge in [-0.1, -0.05) is 83.7 Å². The molecule has 0 saturated heterocycles. The average Bonchev–Trinajstić information content (AvgIpc) is 2.37. The predicted octanol–water partition coefficient (Wildman–Crippen LogP) is 4.14. The van der Waals surface area contributed by atoms with E-state index in [1.165, 1.54) is 5.22 Å². The molecule has 0 heteroatoms. The van der Waals surface area contributed by atoms with Crippen LogP contribution in [0.3, 0.4) is 0 Å². The van der Waals surface area contributed by atoms with Crippen LogP contribution in [0.25, 0.3) is 12.7 Å². The smallest absolute Gasteiger partial charge is 0.00728 e. The van der Waals surface area contributed by atoms with Crippen LogP contribution in [0.15, 0.2) is 36.4 Å². The van der Waals surface area contributed by atoms with Crippen molar-refractivity contribution in [3.8, 4) is 0 Å². The number of allylic oxidation sites excluding steroid dienone is 2. The minimum absolute atomic E-state index is 0.480. The first-order chi connectivity index (χ1) is 8.24. The topological polar surface area (TPSA) is 0 Å². The van der Waals surface area contributed by atoms with E-state index in [0.29, 0.717) is 5.92 Å². The van der Waals surface area contributed by atoms with Crippen molar-refractivity contribution in [1.29, 1.82) is 0 Å². The highest BCUT2D eigenvalue weighted by atomic mass is 13.9. The Kier molecular flexibility index (Phi) is 13.6. The Bertz CT molecular complexity index is 385. The fraction of sp³-hybridized carbons (Fsp3) is 0.412. The largest absolute Gasteiger partial charge is 0.0912 e. The van der Waals surface area contributed by atoms with Crippen LogP contribution in [-0.2, 0) is 0 Å². The van der Waals surface area contributed by atoms with Crippen molar-refractivity contribution in [2.24, 2.45) is 5.92 Å². The summed E-state index contributed by atoms with van der Waals surface area (Å²) in [6.45, 7) is 16.2. The number of rotatable bonds is 2. The molecule has 17 heavy (non-hydrogen) atoms. The third kappa shape index (κ3) is 8.50. The molecule has 0 spiro atoms. The lowest BCUT2D eigenvalue weighted by Gasteiger charge is -1.96. The Morgan fingerprint density at radius 2 is 1.59 bits per heavy atom. The van der Waals surface area contributed by atoms with Crippen LogP contribution in [0, 0.1) is 5.92 Å². The third-order valence-electron chi connectivity index (χ3n) is 1.99. The summed E-state index contributed by atoms with van der Waals surface area (Å²) in [5.74, 6) is 0.480. The molecule has 0 aliphatic heterocycles. The Balaban J connectivity index is 0. The Morgan fingerprint density at radius 1 is 1.06 bits per heavy atom. The number of benzene rings is 1. The number of hydrogen-bond acceptors (Lipinski definition) is 0. The minimum Gasteiger partial charge on any atom is -0.0912 e. The molecule has 0 heterocycles. The van der Waals surface area contributed by atoms with E-state index >= 15 is 0 Å². The van der Waals surface area contributed by atoms with Crippen LogP contribution in [0.1, 0.15) is 41.5 Å². The molecule has 1 rings (SSSR count). The van der Waals surface area contributed by atoms with Gasteiger partial charge in [-0.15, -0.1) is 0 Å². The molecular weight excluding hydrogens is 204 g/mol. The van der Waals surface area contributed by atoms with Crippen LogP contribution in [0.5, 0.6) is 0 Å². The normalized spacial score (nSPS) is 12.2. The first-order valence-corrected chi connectivity index (χ1v) is 6.62. The molecule has 0 bridgehead atoms. The van der Waals surface area contributed by atoms with E-state index in [4.69, 9.17) is 0 Å². The molecule has 0 amide bonds. The molecule has 1 aromatic carbocycles. The molecule has 0 aliphatic carbocycles. The second-order valence-corrected chi connectivity index (χ2v) is 3.25. The Labute approximate surface area is 107 Å². The minimum atomic E-state index is 0.480. The highest BCUT2D eigenvalue weighted by molar-refractivity contribution is 5.31. The fourth-order valence-corrected chi connectivity index (χ4v) is 1.34. The van der Waals surface area contributed by atoms with Crippen molar-refractivity contribution >= 4 is 12.7 Å². The highest BCUT2D eigenvalue weighted by Gasteiger charge is 1.88. The molecule has 0 fully saturated rings. The lowest BCUT2D eigenvalue weighted by Crippen LogP contribution is -2.22. The van der Waals surface area contributed by atoms with Gasteiger partial charge < -0.3 is 0 Å². The van der Waals surface area contributed by atoms with Crippen LogP contribution in [-0.4, -0.2) is 0 Å². The summed E-state index contributed by atoms with van der Waals surface area (Å²) < 4.78 is 0. The zero-order valence-corrected chi connectivity index (χ0v) is 12.3. The van der Waals surface area contributed by atoms with Gasteiger partial charge in [0.15, 0.2) is 0 Å². The third-order valence-corrected chi connectivity index (χ3v) is 1.99. The van der Waals surface area contributed by atoms with Gasteiger partial charge in [-0.05, 0) is 23.3 Å². The second kappa shape index (κ2) is 12.8. The fourth-order valence-electron chi connectivity index (χ4n) is 1.34. The van der Waals surface area contributed by atoms with Gasteiger partial charge in [0.1, 0.15) is 0 Å². The molecule has 1 aromatic rings. The van der Waals surface area contributed by atoms with Crippen LogP contribution < -0.4 is 10.4 Å². The number of hydrogen-bond donors (Lipinski definition) is 0. The zero-order valence-electron chi connectivity index (χ0n) is 12.3. The predicted molar refractivity (Wildman–Crippen MR) is 82.4 cm³/mol. The summed E-state index contributed by atoms with van der Waals surface area (Å²) in [6, 6.07) is 8.19. The maximum absolute atomic E-state index is 3.98. The van der Waals surface area contributed by atoms with Crippen molar-refractivity contribution in [3.63, 3.8) is 0 Å². The van der Waals surface area contributed by atoms with Crippen molar-refractivity contribution < 1.29 is 0 Å². The molecule has 0 N–H and O–H groups in total. The van der Waals surface area contributed by atoms with Gasteiger partial charge in [-0.3, -0.25) is 0 Å². The lowest BCUT2D eigenvalue weighted by atomic mass is 10.1. The monoisotopic (exact) mass is 232 g/mol. The van der Waals surface area contributed by atoms with Crippen molar-refractivity contribution in [2.75, 3.05) is 0 Å². The quantitative estimate of drug-likeness (QED) is 0.672. The van der Waals surface area contributed by atoms with E-state index in [9.17, 15) is 0 Å². The van der Waals surface area contributed by atoms with E-state index < -0.39 is 0 Å².